The van der Waals surface area contributed by atoms with Crippen LogP contribution in [-0.2, 0) is 9.53 Å². The molecule has 1 saturated carbocycles. The van der Waals surface area contributed by atoms with Crippen molar-refractivity contribution in [3.63, 3.8) is 0 Å². The minimum absolute atomic E-state index is 0.360. The van der Waals surface area contributed by atoms with Gasteiger partial charge < -0.3 is 9.64 Å². The summed E-state index contributed by atoms with van der Waals surface area (Å²) >= 11 is 0. The maximum atomic E-state index is 12.2. The molecule has 2 saturated heterocycles. The summed E-state index contributed by atoms with van der Waals surface area (Å²) in [6, 6.07) is 0. The van der Waals surface area contributed by atoms with Crippen LogP contribution in [0.4, 0.5) is 0 Å². The first-order chi connectivity index (χ1) is 9.33. The third-order valence-corrected chi connectivity index (χ3v) is 4.91. The molecule has 1 atom stereocenters. The molecule has 0 spiro atoms. The summed E-state index contributed by atoms with van der Waals surface area (Å²) in [7, 11) is 0. The van der Waals surface area contributed by atoms with Crippen LogP contribution in [0.5, 0.6) is 0 Å². The molecule has 1 amide bonds. The highest BCUT2D eigenvalue weighted by Gasteiger charge is 2.31. The van der Waals surface area contributed by atoms with Crippen LogP contribution in [0.15, 0.2) is 0 Å². The number of carbonyl (C=O) groups excluding carboxylic acids is 1. The Bertz CT molecular complexity index is 303. The van der Waals surface area contributed by atoms with Crippen molar-refractivity contribution >= 4 is 5.91 Å². The van der Waals surface area contributed by atoms with Gasteiger partial charge in [0, 0.05) is 45.2 Å². The Morgan fingerprint density at radius 2 is 1.84 bits per heavy atom. The lowest BCUT2D eigenvalue weighted by Gasteiger charge is -2.39. The van der Waals surface area contributed by atoms with Gasteiger partial charge in [0.2, 0.25) is 5.91 Å². The van der Waals surface area contributed by atoms with E-state index in [1.54, 1.807) is 0 Å². The Morgan fingerprint density at radius 1 is 1.05 bits per heavy atom. The molecule has 3 aliphatic rings. The second kappa shape index (κ2) is 6.23. The van der Waals surface area contributed by atoms with Gasteiger partial charge in [-0.05, 0) is 31.6 Å². The highest BCUT2D eigenvalue weighted by molar-refractivity contribution is 5.79. The normalized spacial score (nSPS) is 30.1. The molecule has 1 aliphatic carbocycles. The first kappa shape index (κ1) is 13.4. The number of piperazine rings is 1. The summed E-state index contributed by atoms with van der Waals surface area (Å²) < 4.78 is 5.55. The lowest BCUT2D eigenvalue weighted by atomic mass is 9.84. The predicted molar refractivity (Wildman–Crippen MR) is 73.9 cm³/mol. The molecule has 0 N–H and O–H groups in total. The van der Waals surface area contributed by atoms with Crippen molar-refractivity contribution in [2.24, 2.45) is 11.8 Å². The van der Waals surface area contributed by atoms with Gasteiger partial charge in [-0.25, -0.2) is 0 Å². The predicted octanol–water partition coefficient (Wildman–Crippen LogP) is 1.36. The molecule has 0 aromatic carbocycles. The van der Waals surface area contributed by atoms with Crippen LogP contribution in [0.1, 0.15) is 32.1 Å². The lowest BCUT2D eigenvalue weighted by molar-refractivity contribution is -0.140. The maximum absolute atomic E-state index is 12.2. The SMILES string of the molecule is O=C(C1CCC1)N1CCN(CC2CCCOC2)CC1. The van der Waals surface area contributed by atoms with Crippen molar-refractivity contribution in [1.29, 1.82) is 0 Å². The molecule has 1 unspecified atom stereocenters. The first-order valence-corrected chi connectivity index (χ1v) is 7.92. The summed E-state index contributed by atoms with van der Waals surface area (Å²) in [5.74, 6) is 1.49. The maximum Gasteiger partial charge on any atom is 0.225 e. The second-order valence-corrected chi connectivity index (χ2v) is 6.34. The van der Waals surface area contributed by atoms with Crippen molar-refractivity contribution in [1.82, 2.24) is 9.80 Å². The van der Waals surface area contributed by atoms with Crippen LogP contribution >= 0.6 is 0 Å². The summed E-state index contributed by atoms with van der Waals surface area (Å²) in [6.45, 7) is 7.00. The molecule has 3 rings (SSSR count). The molecule has 0 bridgehead atoms. The van der Waals surface area contributed by atoms with Crippen molar-refractivity contribution < 1.29 is 9.53 Å². The van der Waals surface area contributed by atoms with Gasteiger partial charge in [-0.2, -0.15) is 0 Å². The summed E-state index contributed by atoms with van der Waals surface area (Å²) in [4.78, 5) is 16.8. The summed E-state index contributed by atoms with van der Waals surface area (Å²) in [5.41, 5.74) is 0. The Hall–Kier alpha value is -0.610. The van der Waals surface area contributed by atoms with E-state index < -0.39 is 0 Å². The number of nitrogens with zero attached hydrogens (tertiary/aromatic N) is 2. The number of rotatable bonds is 3. The van der Waals surface area contributed by atoms with Gasteiger partial charge in [0.15, 0.2) is 0 Å². The van der Waals surface area contributed by atoms with Crippen molar-refractivity contribution in [3.8, 4) is 0 Å². The minimum atomic E-state index is 0.360. The largest absolute Gasteiger partial charge is 0.381 e. The summed E-state index contributed by atoms with van der Waals surface area (Å²) in [6.07, 6.45) is 6.01. The fraction of sp³-hybridized carbons (Fsp3) is 0.933. The highest BCUT2D eigenvalue weighted by atomic mass is 16.5. The van der Waals surface area contributed by atoms with Crippen LogP contribution in [0.25, 0.3) is 0 Å². The van der Waals surface area contributed by atoms with Crippen molar-refractivity contribution in [2.45, 2.75) is 32.1 Å². The van der Waals surface area contributed by atoms with Gasteiger partial charge in [-0.1, -0.05) is 6.42 Å². The third-order valence-electron chi connectivity index (χ3n) is 4.91. The van der Waals surface area contributed by atoms with E-state index in [-0.39, 0.29) is 0 Å². The van der Waals surface area contributed by atoms with Gasteiger partial charge in [-0.3, -0.25) is 9.69 Å². The lowest BCUT2D eigenvalue weighted by Crippen LogP contribution is -2.52. The van der Waals surface area contributed by atoms with E-state index in [0.29, 0.717) is 17.7 Å². The molecular weight excluding hydrogens is 240 g/mol. The molecule has 19 heavy (non-hydrogen) atoms. The third kappa shape index (κ3) is 3.29. The Balaban J connectivity index is 1.40. The highest BCUT2D eigenvalue weighted by Crippen LogP contribution is 2.28. The van der Waals surface area contributed by atoms with Crippen molar-refractivity contribution in [3.05, 3.63) is 0 Å². The van der Waals surface area contributed by atoms with E-state index in [1.807, 2.05) is 0 Å². The fourth-order valence-corrected chi connectivity index (χ4v) is 3.38. The number of amides is 1. The van der Waals surface area contributed by atoms with Crippen LogP contribution in [0, 0.1) is 11.8 Å². The van der Waals surface area contributed by atoms with E-state index in [2.05, 4.69) is 9.80 Å². The Morgan fingerprint density at radius 3 is 2.42 bits per heavy atom. The van der Waals surface area contributed by atoms with E-state index in [9.17, 15) is 4.79 Å². The standard InChI is InChI=1S/C15H26N2O2/c18-15(14-4-1-5-14)17-8-6-16(7-9-17)11-13-3-2-10-19-12-13/h13-14H,1-12H2. The van der Waals surface area contributed by atoms with Crippen LogP contribution in [-0.4, -0.2) is 61.6 Å². The number of hydrogen-bond donors (Lipinski definition) is 0. The van der Waals surface area contributed by atoms with E-state index in [1.165, 1.54) is 19.3 Å². The fourth-order valence-electron chi connectivity index (χ4n) is 3.38. The molecule has 4 nitrogen and oxygen atoms in total. The van der Waals surface area contributed by atoms with Crippen LogP contribution < -0.4 is 0 Å². The van der Waals surface area contributed by atoms with Crippen molar-refractivity contribution in [2.75, 3.05) is 45.9 Å². The topological polar surface area (TPSA) is 32.8 Å². The monoisotopic (exact) mass is 266 g/mol. The van der Waals surface area contributed by atoms with Gasteiger partial charge in [0.05, 0.1) is 6.61 Å². The zero-order valence-corrected chi connectivity index (χ0v) is 11.9. The molecule has 108 valence electrons. The molecule has 0 radical (unpaired) electrons. The van der Waals surface area contributed by atoms with Crippen LogP contribution in [0.3, 0.4) is 0 Å². The quantitative estimate of drug-likeness (QED) is 0.773. The summed E-state index contributed by atoms with van der Waals surface area (Å²) in [5, 5.41) is 0. The molecule has 2 aliphatic heterocycles. The number of carbonyl (C=O) groups is 1. The van der Waals surface area contributed by atoms with E-state index in [0.717, 1.165) is 58.8 Å². The molecule has 4 heteroatoms. The second-order valence-electron chi connectivity index (χ2n) is 6.34. The Kier molecular flexibility index (Phi) is 4.38. The zero-order valence-electron chi connectivity index (χ0n) is 11.9. The smallest absolute Gasteiger partial charge is 0.225 e. The van der Waals surface area contributed by atoms with E-state index >= 15 is 0 Å². The molecule has 0 aromatic heterocycles. The Labute approximate surface area is 116 Å². The zero-order chi connectivity index (χ0) is 13.1. The van der Waals surface area contributed by atoms with Gasteiger partial charge in [-0.15, -0.1) is 0 Å². The number of ether oxygens (including phenoxy) is 1. The first-order valence-electron chi connectivity index (χ1n) is 7.92. The average molecular weight is 266 g/mol. The molecular formula is C15H26N2O2. The average Bonchev–Trinajstić information content (AvgIpc) is 2.39. The van der Waals surface area contributed by atoms with Gasteiger partial charge in [0.1, 0.15) is 0 Å². The van der Waals surface area contributed by atoms with Gasteiger partial charge >= 0.3 is 0 Å². The molecule has 2 heterocycles. The molecule has 0 aromatic rings. The number of hydrogen-bond acceptors (Lipinski definition) is 3. The minimum Gasteiger partial charge on any atom is -0.381 e. The van der Waals surface area contributed by atoms with E-state index in [4.69, 9.17) is 4.74 Å². The molecule has 3 fully saturated rings. The van der Waals surface area contributed by atoms with Gasteiger partial charge in [0.25, 0.3) is 0 Å². The van der Waals surface area contributed by atoms with Crippen LogP contribution in [0.2, 0.25) is 0 Å².